The maximum absolute atomic E-state index is 12.8. The number of aromatic nitrogens is 1. The third-order valence-electron chi connectivity index (χ3n) is 4.56. The van der Waals surface area contributed by atoms with Gasteiger partial charge in [0, 0.05) is 27.2 Å². The van der Waals surface area contributed by atoms with Crippen molar-refractivity contribution in [1.29, 1.82) is 0 Å². The molecule has 0 spiro atoms. The van der Waals surface area contributed by atoms with Gasteiger partial charge in [0.05, 0.1) is 10.9 Å². The van der Waals surface area contributed by atoms with Crippen molar-refractivity contribution >= 4 is 39.9 Å². The highest BCUT2D eigenvalue weighted by molar-refractivity contribution is 6.31. The van der Waals surface area contributed by atoms with Crippen molar-refractivity contribution < 1.29 is 9.78 Å². The molecule has 0 bridgehead atoms. The summed E-state index contributed by atoms with van der Waals surface area (Å²) in [5, 5.41) is 2.19. The average molecular weight is 393 g/mol. The van der Waals surface area contributed by atoms with E-state index < -0.39 is 0 Å². The van der Waals surface area contributed by atoms with Gasteiger partial charge in [-0.3, -0.25) is 4.79 Å². The fourth-order valence-corrected chi connectivity index (χ4v) is 3.68. The number of H-pyrrole nitrogens is 1. The van der Waals surface area contributed by atoms with Crippen LogP contribution in [0.4, 0.5) is 0 Å². The van der Waals surface area contributed by atoms with Gasteiger partial charge < -0.3 is 0 Å². The highest BCUT2D eigenvalue weighted by Crippen LogP contribution is 2.36. The van der Waals surface area contributed by atoms with Crippen molar-refractivity contribution in [3.05, 3.63) is 88.4 Å². The molecule has 0 fully saturated rings. The van der Waals surface area contributed by atoms with Crippen LogP contribution in [0.25, 0.3) is 33.3 Å². The fourth-order valence-electron chi connectivity index (χ4n) is 3.38. The monoisotopic (exact) mass is 392 g/mol. The zero-order chi connectivity index (χ0) is 19.0. The van der Waals surface area contributed by atoms with Gasteiger partial charge in [-0.15, -0.1) is 0 Å². The summed E-state index contributed by atoms with van der Waals surface area (Å²) in [5.41, 5.74) is 5.07. The summed E-state index contributed by atoms with van der Waals surface area (Å²) >= 11 is 12.3. The molecule has 1 aromatic heterocycles. The Bertz CT molecular complexity index is 1150. The van der Waals surface area contributed by atoms with Gasteiger partial charge in [-0.05, 0) is 48.9 Å². The van der Waals surface area contributed by atoms with Crippen LogP contribution in [0.5, 0.6) is 0 Å². The molecule has 4 aromatic rings. The number of ketones is 1. The zero-order valence-electron chi connectivity index (χ0n) is 14.6. The lowest BCUT2D eigenvalue weighted by Gasteiger charge is -2.12. The topological polar surface area (TPSA) is 31.2 Å². The largest absolute Gasteiger partial charge is 0.294 e. The first-order valence-corrected chi connectivity index (χ1v) is 9.31. The third-order valence-corrected chi connectivity index (χ3v) is 5.05. The number of fused-ring (bicyclic) bond motifs is 1. The number of aromatic amines is 1. The Morgan fingerprint density at radius 1 is 0.815 bits per heavy atom. The van der Waals surface area contributed by atoms with E-state index in [0.717, 1.165) is 33.3 Å². The van der Waals surface area contributed by atoms with Gasteiger partial charge >= 0.3 is 0 Å². The fraction of sp³-hybridized carbons (Fsp3) is 0.0435. The molecule has 0 radical (unpaired) electrons. The molecule has 0 unspecified atom stereocenters. The molecule has 2 nitrogen and oxygen atoms in total. The molecule has 0 aliphatic carbocycles. The Morgan fingerprint density at radius 2 is 1.48 bits per heavy atom. The number of rotatable bonds is 3. The molecule has 132 valence electrons. The summed E-state index contributed by atoms with van der Waals surface area (Å²) in [5.74, 6) is -0.0167. The summed E-state index contributed by atoms with van der Waals surface area (Å²) in [6.45, 7) is 1.59. The Labute approximate surface area is 167 Å². The minimum Gasteiger partial charge on any atom is -0.294 e. The molecule has 3 aromatic carbocycles. The number of nitrogens with one attached hydrogen (secondary N) is 1. The SMILES string of the molecule is CC(=O)c1c(-c2ccc(Cl)cc2)[nH+]c2ccc(Cl)cc2c1-c1ccccc1. The van der Waals surface area contributed by atoms with Crippen LogP contribution in [-0.2, 0) is 0 Å². The van der Waals surface area contributed by atoms with E-state index >= 15 is 0 Å². The van der Waals surface area contributed by atoms with E-state index in [1.807, 2.05) is 72.8 Å². The summed E-state index contributed by atoms with van der Waals surface area (Å²) < 4.78 is 0. The zero-order valence-corrected chi connectivity index (χ0v) is 16.1. The van der Waals surface area contributed by atoms with Crippen LogP contribution in [0, 0.1) is 0 Å². The first-order valence-electron chi connectivity index (χ1n) is 8.55. The highest BCUT2D eigenvalue weighted by atomic mass is 35.5. The van der Waals surface area contributed by atoms with Crippen molar-refractivity contribution in [2.45, 2.75) is 6.92 Å². The second kappa shape index (κ2) is 7.15. The van der Waals surface area contributed by atoms with Crippen molar-refractivity contribution in [2.75, 3.05) is 0 Å². The Hall–Kier alpha value is -2.68. The van der Waals surface area contributed by atoms with Gasteiger partial charge in [-0.1, -0.05) is 53.5 Å². The second-order valence-corrected chi connectivity index (χ2v) is 7.24. The van der Waals surface area contributed by atoms with Crippen LogP contribution in [0.2, 0.25) is 10.0 Å². The van der Waals surface area contributed by atoms with Crippen LogP contribution >= 0.6 is 23.2 Å². The van der Waals surface area contributed by atoms with E-state index in [9.17, 15) is 4.79 Å². The number of carbonyl (C=O) groups excluding carboxylic acids is 1. The quantitative estimate of drug-likeness (QED) is 0.366. The first kappa shape index (κ1) is 17.7. The number of halogens is 2. The smallest absolute Gasteiger partial charge is 0.222 e. The van der Waals surface area contributed by atoms with E-state index in [0.29, 0.717) is 15.6 Å². The number of hydrogen-bond donors (Lipinski definition) is 0. The van der Waals surface area contributed by atoms with Gasteiger partial charge in [-0.2, -0.15) is 0 Å². The van der Waals surface area contributed by atoms with Crippen LogP contribution in [0.15, 0.2) is 72.8 Å². The highest BCUT2D eigenvalue weighted by Gasteiger charge is 2.25. The first-order chi connectivity index (χ1) is 13.0. The van der Waals surface area contributed by atoms with Gasteiger partial charge in [0.2, 0.25) is 11.2 Å². The summed E-state index contributed by atoms with van der Waals surface area (Å²) in [4.78, 5) is 16.2. The molecule has 0 amide bonds. The van der Waals surface area contributed by atoms with Crippen molar-refractivity contribution in [2.24, 2.45) is 0 Å². The summed E-state index contributed by atoms with van der Waals surface area (Å²) in [6, 6.07) is 23.1. The van der Waals surface area contributed by atoms with Crippen molar-refractivity contribution in [3.8, 4) is 22.4 Å². The van der Waals surface area contributed by atoms with Gasteiger partial charge in [0.1, 0.15) is 0 Å². The molecule has 0 aliphatic rings. The van der Waals surface area contributed by atoms with Gasteiger partial charge in [0.15, 0.2) is 5.78 Å². The number of pyridine rings is 1. The van der Waals surface area contributed by atoms with E-state index in [1.54, 1.807) is 6.92 Å². The van der Waals surface area contributed by atoms with Crippen molar-refractivity contribution in [3.63, 3.8) is 0 Å². The molecular formula is C23H16Cl2NO+. The molecule has 4 rings (SSSR count). The van der Waals surface area contributed by atoms with Crippen LogP contribution in [0.3, 0.4) is 0 Å². The molecule has 0 atom stereocenters. The second-order valence-electron chi connectivity index (χ2n) is 6.37. The van der Waals surface area contributed by atoms with E-state index in [2.05, 4.69) is 4.98 Å². The lowest BCUT2D eigenvalue weighted by atomic mass is 9.90. The number of Topliss-reactive ketones (excluding diaryl/α,β-unsaturated/α-hetero) is 1. The molecule has 1 N–H and O–H groups in total. The maximum atomic E-state index is 12.8. The Morgan fingerprint density at radius 3 is 2.15 bits per heavy atom. The molecular weight excluding hydrogens is 377 g/mol. The van der Waals surface area contributed by atoms with E-state index in [4.69, 9.17) is 23.2 Å². The maximum Gasteiger partial charge on any atom is 0.222 e. The molecule has 0 aliphatic heterocycles. The Balaban J connectivity index is 2.16. The predicted molar refractivity (Wildman–Crippen MR) is 111 cm³/mol. The van der Waals surface area contributed by atoms with E-state index in [-0.39, 0.29) is 5.78 Å². The van der Waals surface area contributed by atoms with Gasteiger partial charge in [0.25, 0.3) is 0 Å². The molecule has 4 heteroatoms. The minimum absolute atomic E-state index is 0.0167. The lowest BCUT2D eigenvalue weighted by molar-refractivity contribution is -0.331. The lowest BCUT2D eigenvalue weighted by Crippen LogP contribution is -2.16. The normalized spacial score (nSPS) is 10.9. The summed E-state index contributed by atoms with van der Waals surface area (Å²) in [6.07, 6.45) is 0. The molecule has 1 heterocycles. The van der Waals surface area contributed by atoms with Crippen molar-refractivity contribution in [1.82, 2.24) is 0 Å². The number of hydrogen-bond acceptors (Lipinski definition) is 1. The van der Waals surface area contributed by atoms with Crippen LogP contribution in [0.1, 0.15) is 17.3 Å². The number of carbonyl (C=O) groups is 1. The van der Waals surface area contributed by atoms with Crippen LogP contribution < -0.4 is 4.98 Å². The summed E-state index contributed by atoms with van der Waals surface area (Å²) in [7, 11) is 0. The standard InChI is InChI=1S/C23H15Cl2NO/c1-14(27)21-22(15-5-3-2-4-6-15)19-13-18(25)11-12-20(19)26-23(21)16-7-9-17(24)10-8-16/h2-13H,1H3/p+1. The molecule has 0 saturated carbocycles. The average Bonchev–Trinajstić information content (AvgIpc) is 2.67. The number of benzene rings is 3. The third kappa shape index (κ3) is 3.34. The molecule has 0 saturated heterocycles. The Kier molecular flexibility index (Phi) is 4.69. The van der Waals surface area contributed by atoms with Crippen LogP contribution in [-0.4, -0.2) is 5.78 Å². The van der Waals surface area contributed by atoms with Gasteiger partial charge in [-0.25, -0.2) is 4.98 Å². The minimum atomic E-state index is -0.0167. The van der Waals surface area contributed by atoms with E-state index in [1.165, 1.54) is 0 Å². The molecule has 27 heavy (non-hydrogen) atoms. The predicted octanol–water partition coefficient (Wildman–Crippen LogP) is 6.50.